The van der Waals surface area contributed by atoms with E-state index in [2.05, 4.69) is 15.1 Å². The molecule has 0 aliphatic heterocycles. The van der Waals surface area contributed by atoms with Gasteiger partial charge in [-0.25, -0.2) is 9.67 Å². The van der Waals surface area contributed by atoms with Gasteiger partial charge in [-0.05, 0) is 37.0 Å². The van der Waals surface area contributed by atoms with Crippen molar-refractivity contribution in [1.82, 2.24) is 24.3 Å². The van der Waals surface area contributed by atoms with Crippen LogP contribution >= 0.6 is 0 Å². The number of hydrogen-bond acceptors (Lipinski definition) is 4. The standard InChI is InChI=1S/C21H20F5N5O/c22-20(23)30-10-18(28-12-30)16-9-14(13-5-2-1-3-6-13)19(32)31(29-16)11-17-15(21(24,25)26)7-4-8-27-17/h4,7-10,12-13,20H,1-3,5-6,11H2. The van der Waals surface area contributed by atoms with Crippen molar-refractivity contribution in [2.24, 2.45) is 0 Å². The molecule has 0 atom stereocenters. The molecule has 3 aromatic rings. The van der Waals surface area contributed by atoms with Crippen molar-refractivity contribution in [3.8, 4) is 11.4 Å². The van der Waals surface area contributed by atoms with Crippen molar-refractivity contribution in [3.63, 3.8) is 0 Å². The minimum atomic E-state index is -4.65. The molecule has 32 heavy (non-hydrogen) atoms. The average Bonchev–Trinajstić information content (AvgIpc) is 3.26. The van der Waals surface area contributed by atoms with Gasteiger partial charge in [0.15, 0.2) is 0 Å². The van der Waals surface area contributed by atoms with E-state index in [-0.39, 0.29) is 23.0 Å². The van der Waals surface area contributed by atoms with Crippen LogP contribution in [0.15, 0.2) is 41.7 Å². The molecule has 170 valence electrons. The van der Waals surface area contributed by atoms with E-state index in [0.717, 1.165) is 55.4 Å². The van der Waals surface area contributed by atoms with E-state index in [9.17, 15) is 26.7 Å². The Morgan fingerprint density at radius 1 is 1.09 bits per heavy atom. The van der Waals surface area contributed by atoms with Crippen LogP contribution in [0, 0.1) is 0 Å². The third-order valence-corrected chi connectivity index (χ3v) is 5.63. The molecule has 4 rings (SSSR count). The molecule has 0 saturated heterocycles. The van der Waals surface area contributed by atoms with Crippen LogP contribution in [-0.2, 0) is 12.7 Å². The Morgan fingerprint density at radius 3 is 2.50 bits per heavy atom. The lowest BCUT2D eigenvalue weighted by Gasteiger charge is -2.22. The quantitative estimate of drug-likeness (QED) is 0.510. The highest BCUT2D eigenvalue weighted by Gasteiger charge is 2.34. The molecule has 0 spiro atoms. The van der Waals surface area contributed by atoms with E-state index in [1.165, 1.54) is 18.3 Å². The van der Waals surface area contributed by atoms with Crippen LogP contribution in [0.25, 0.3) is 11.4 Å². The average molecular weight is 453 g/mol. The number of halogens is 5. The zero-order valence-corrected chi connectivity index (χ0v) is 16.9. The number of hydrogen-bond donors (Lipinski definition) is 0. The summed E-state index contributed by atoms with van der Waals surface area (Å²) in [5, 5.41) is 4.17. The largest absolute Gasteiger partial charge is 0.418 e. The van der Waals surface area contributed by atoms with Crippen molar-refractivity contribution in [3.05, 3.63) is 64.1 Å². The fourth-order valence-electron chi connectivity index (χ4n) is 4.04. The second-order valence-electron chi connectivity index (χ2n) is 7.76. The van der Waals surface area contributed by atoms with Gasteiger partial charge in [0.1, 0.15) is 11.4 Å². The second kappa shape index (κ2) is 8.79. The smallest absolute Gasteiger partial charge is 0.280 e. The first-order chi connectivity index (χ1) is 15.2. The minimum absolute atomic E-state index is 0.0766. The van der Waals surface area contributed by atoms with Crippen LogP contribution < -0.4 is 5.56 Å². The van der Waals surface area contributed by atoms with E-state index in [0.29, 0.717) is 10.1 Å². The summed E-state index contributed by atoms with van der Waals surface area (Å²) in [5.41, 5.74) is -1.15. The van der Waals surface area contributed by atoms with E-state index in [1.807, 2.05) is 0 Å². The molecule has 6 nitrogen and oxygen atoms in total. The van der Waals surface area contributed by atoms with Gasteiger partial charge >= 0.3 is 12.7 Å². The van der Waals surface area contributed by atoms with Gasteiger partial charge in [0, 0.05) is 18.0 Å². The van der Waals surface area contributed by atoms with Gasteiger partial charge in [0.05, 0.1) is 24.1 Å². The Balaban J connectivity index is 1.82. The Bertz CT molecular complexity index is 1150. The topological polar surface area (TPSA) is 65.6 Å². The van der Waals surface area contributed by atoms with Gasteiger partial charge in [0.2, 0.25) is 0 Å². The molecule has 1 aliphatic carbocycles. The van der Waals surface area contributed by atoms with Gasteiger partial charge in [-0.2, -0.15) is 27.1 Å². The van der Waals surface area contributed by atoms with Crippen LogP contribution in [0.2, 0.25) is 0 Å². The Morgan fingerprint density at radius 2 is 1.84 bits per heavy atom. The molecule has 0 unspecified atom stereocenters. The van der Waals surface area contributed by atoms with Crippen LogP contribution in [0.5, 0.6) is 0 Å². The van der Waals surface area contributed by atoms with Crippen molar-refractivity contribution in [2.75, 3.05) is 0 Å². The lowest BCUT2D eigenvalue weighted by atomic mass is 9.84. The fourth-order valence-corrected chi connectivity index (χ4v) is 4.04. The molecule has 3 aromatic heterocycles. The van der Waals surface area contributed by atoms with Crippen LogP contribution in [-0.4, -0.2) is 24.3 Å². The van der Waals surface area contributed by atoms with E-state index >= 15 is 0 Å². The molecule has 1 fully saturated rings. The highest BCUT2D eigenvalue weighted by atomic mass is 19.4. The molecule has 3 heterocycles. The molecule has 0 aromatic carbocycles. The molecular formula is C21H20F5N5O. The molecule has 0 bridgehead atoms. The minimum Gasteiger partial charge on any atom is -0.280 e. The maximum atomic E-state index is 13.4. The van der Waals surface area contributed by atoms with Crippen molar-refractivity contribution >= 4 is 0 Å². The first kappa shape index (κ1) is 22.1. The van der Waals surface area contributed by atoms with Crippen molar-refractivity contribution < 1.29 is 22.0 Å². The Hall–Kier alpha value is -3.11. The Labute approximate surface area is 179 Å². The number of nitrogens with zero attached hydrogens (tertiary/aromatic N) is 5. The summed E-state index contributed by atoms with van der Waals surface area (Å²) in [4.78, 5) is 20.9. The maximum absolute atomic E-state index is 13.4. The van der Waals surface area contributed by atoms with Crippen molar-refractivity contribution in [2.45, 2.75) is 57.3 Å². The summed E-state index contributed by atoms with van der Waals surface area (Å²) < 4.78 is 67.7. The predicted octanol–water partition coefficient (Wildman–Crippen LogP) is 5.01. The van der Waals surface area contributed by atoms with E-state index in [4.69, 9.17) is 0 Å². The molecular weight excluding hydrogens is 433 g/mol. The number of rotatable bonds is 5. The fraction of sp³-hybridized carbons (Fsp3) is 0.429. The van der Waals surface area contributed by atoms with Gasteiger partial charge in [-0.3, -0.25) is 14.3 Å². The van der Waals surface area contributed by atoms with Crippen LogP contribution in [0.3, 0.4) is 0 Å². The number of aromatic nitrogens is 5. The van der Waals surface area contributed by atoms with E-state index < -0.39 is 30.4 Å². The zero-order valence-electron chi connectivity index (χ0n) is 16.9. The monoisotopic (exact) mass is 453 g/mol. The van der Waals surface area contributed by atoms with Crippen LogP contribution in [0.1, 0.15) is 61.4 Å². The Kier molecular flexibility index (Phi) is 6.07. The molecule has 1 aliphatic rings. The van der Waals surface area contributed by atoms with E-state index in [1.54, 1.807) is 0 Å². The summed E-state index contributed by atoms with van der Waals surface area (Å²) >= 11 is 0. The lowest BCUT2D eigenvalue weighted by Crippen LogP contribution is -2.30. The highest BCUT2D eigenvalue weighted by Crippen LogP contribution is 2.33. The molecule has 1 saturated carbocycles. The third-order valence-electron chi connectivity index (χ3n) is 5.63. The number of imidazole rings is 1. The summed E-state index contributed by atoms with van der Waals surface area (Å²) in [6.45, 7) is -3.31. The summed E-state index contributed by atoms with van der Waals surface area (Å²) in [6.07, 6.45) is 3.04. The SMILES string of the molecule is O=c1c(C2CCCCC2)cc(-c2cn(C(F)F)cn2)nn1Cc1ncccc1C(F)(F)F. The maximum Gasteiger partial charge on any atom is 0.418 e. The zero-order chi connectivity index (χ0) is 22.9. The number of alkyl halides is 5. The molecule has 0 radical (unpaired) electrons. The molecule has 0 amide bonds. The number of pyridine rings is 1. The van der Waals surface area contributed by atoms with Gasteiger partial charge in [-0.15, -0.1) is 0 Å². The van der Waals surface area contributed by atoms with Gasteiger partial charge in [0.25, 0.3) is 5.56 Å². The highest BCUT2D eigenvalue weighted by molar-refractivity contribution is 5.53. The third kappa shape index (κ3) is 4.56. The van der Waals surface area contributed by atoms with Gasteiger partial charge < -0.3 is 0 Å². The van der Waals surface area contributed by atoms with Crippen molar-refractivity contribution in [1.29, 1.82) is 0 Å². The predicted molar refractivity (Wildman–Crippen MR) is 105 cm³/mol. The normalized spacial score (nSPS) is 15.4. The summed E-state index contributed by atoms with van der Waals surface area (Å²) in [6, 6.07) is 3.59. The second-order valence-corrected chi connectivity index (χ2v) is 7.76. The van der Waals surface area contributed by atoms with Crippen LogP contribution in [0.4, 0.5) is 22.0 Å². The van der Waals surface area contributed by atoms with Gasteiger partial charge in [-0.1, -0.05) is 19.3 Å². The first-order valence-corrected chi connectivity index (χ1v) is 10.2. The lowest BCUT2D eigenvalue weighted by molar-refractivity contribution is -0.138. The molecule has 11 heteroatoms. The molecule has 0 N–H and O–H groups in total. The first-order valence-electron chi connectivity index (χ1n) is 10.2. The summed E-state index contributed by atoms with van der Waals surface area (Å²) in [5.74, 6) is -0.0766. The summed E-state index contributed by atoms with van der Waals surface area (Å²) in [7, 11) is 0.